The Balaban J connectivity index is 1.80. The van der Waals surface area contributed by atoms with E-state index in [0.717, 1.165) is 6.07 Å². The minimum atomic E-state index is -4.08. The van der Waals surface area contributed by atoms with Crippen LogP contribution in [0.25, 0.3) is 0 Å². The van der Waals surface area contributed by atoms with E-state index in [1.165, 1.54) is 42.5 Å². The molecule has 7 nitrogen and oxygen atoms in total. The van der Waals surface area contributed by atoms with Gasteiger partial charge in [-0.15, -0.1) is 0 Å². The van der Waals surface area contributed by atoms with Gasteiger partial charge in [0.15, 0.2) is 5.82 Å². The Kier molecular flexibility index (Phi) is 5.43. The molecule has 0 fully saturated rings. The number of rotatable bonds is 5. The maximum atomic E-state index is 13.8. The molecule has 0 saturated carbocycles. The molecule has 9 heteroatoms. The predicted molar refractivity (Wildman–Crippen MR) is 107 cm³/mol. The second kappa shape index (κ2) is 7.67. The highest BCUT2D eigenvalue weighted by atomic mass is 32.2. The Morgan fingerprint density at radius 2 is 1.79 bits per heavy atom. The van der Waals surface area contributed by atoms with E-state index < -0.39 is 21.7 Å². The van der Waals surface area contributed by atoms with Crippen molar-refractivity contribution in [1.82, 2.24) is 5.16 Å². The van der Waals surface area contributed by atoms with Gasteiger partial charge in [0.2, 0.25) is 0 Å². The summed E-state index contributed by atoms with van der Waals surface area (Å²) >= 11 is 0. The quantitative estimate of drug-likeness (QED) is 0.649. The Hall–Kier alpha value is -3.20. The summed E-state index contributed by atoms with van der Waals surface area (Å²) < 4.78 is 46.3. The molecule has 1 aromatic heterocycles. The van der Waals surface area contributed by atoms with Gasteiger partial charge in [-0.25, -0.2) is 12.8 Å². The van der Waals surface area contributed by atoms with E-state index in [0.29, 0.717) is 5.76 Å². The summed E-state index contributed by atoms with van der Waals surface area (Å²) in [5.74, 6) is -0.441. The number of hydrogen-bond acceptors (Lipinski definition) is 5. The number of sulfonamides is 1. The SMILES string of the molecule is CC(C)(C)c1cc(NC(=O)c2cccc(S(=O)(=O)Nc3ccccc3F)c2)no1. The minimum Gasteiger partial charge on any atom is -0.359 e. The van der Waals surface area contributed by atoms with Crippen LogP contribution < -0.4 is 10.0 Å². The molecule has 0 unspecified atom stereocenters. The molecule has 2 N–H and O–H groups in total. The van der Waals surface area contributed by atoms with Crippen LogP contribution in [0.2, 0.25) is 0 Å². The first kappa shape index (κ1) is 20.5. The lowest BCUT2D eigenvalue weighted by molar-refractivity contribution is 0.102. The number of carbonyl (C=O) groups excluding carboxylic acids is 1. The summed E-state index contributed by atoms with van der Waals surface area (Å²) in [7, 11) is -4.08. The average Bonchev–Trinajstić information content (AvgIpc) is 3.12. The fraction of sp³-hybridized carbons (Fsp3) is 0.200. The molecule has 0 spiro atoms. The molecule has 0 radical (unpaired) electrons. The third kappa shape index (κ3) is 4.80. The molecule has 3 rings (SSSR count). The zero-order chi connectivity index (χ0) is 21.2. The van der Waals surface area contributed by atoms with E-state index in [2.05, 4.69) is 15.2 Å². The molecular weight excluding hydrogens is 397 g/mol. The normalized spacial score (nSPS) is 11.9. The number of nitrogens with one attached hydrogen (secondary N) is 2. The van der Waals surface area contributed by atoms with Crippen LogP contribution in [-0.2, 0) is 15.4 Å². The maximum Gasteiger partial charge on any atom is 0.262 e. The number of halogens is 1. The van der Waals surface area contributed by atoms with Gasteiger partial charge < -0.3 is 9.84 Å². The summed E-state index contributed by atoms with van der Waals surface area (Å²) in [6, 6.07) is 12.4. The van der Waals surface area contributed by atoms with Crippen LogP contribution in [0.3, 0.4) is 0 Å². The van der Waals surface area contributed by atoms with Gasteiger partial charge in [-0.3, -0.25) is 9.52 Å². The number of carbonyl (C=O) groups is 1. The largest absolute Gasteiger partial charge is 0.359 e. The Morgan fingerprint density at radius 1 is 1.07 bits per heavy atom. The second-order valence-electron chi connectivity index (χ2n) is 7.39. The molecule has 0 atom stereocenters. The lowest BCUT2D eigenvalue weighted by Crippen LogP contribution is -2.16. The topological polar surface area (TPSA) is 101 Å². The highest BCUT2D eigenvalue weighted by molar-refractivity contribution is 7.92. The smallest absolute Gasteiger partial charge is 0.262 e. The molecular formula is C20H20FN3O4S. The molecule has 2 aromatic carbocycles. The van der Waals surface area contributed by atoms with Crippen molar-refractivity contribution in [3.8, 4) is 0 Å². The molecule has 1 heterocycles. The molecule has 1 amide bonds. The summed E-state index contributed by atoms with van der Waals surface area (Å²) in [6.45, 7) is 5.82. The van der Waals surface area contributed by atoms with Crippen molar-refractivity contribution in [1.29, 1.82) is 0 Å². The van der Waals surface area contributed by atoms with E-state index in [9.17, 15) is 17.6 Å². The van der Waals surface area contributed by atoms with E-state index in [4.69, 9.17) is 4.52 Å². The first-order chi connectivity index (χ1) is 13.6. The van der Waals surface area contributed by atoms with Gasteiger partial charge in [0, 0.05) is 17.0 Å². The van der Waals surface area contributed by atoms with Gasteiger partial charge >= 0.3 is 0 Å². The number of hydrogen-bond donors (Lipinski definition) is 2. The summed E-state index contributed by atoms with van der Waals surface area (Å²) in [5.41, 5.74) is -0.357. The third-order valence-corrected chi connectivity index (χ3v) is 5.38. The number of amides is 1. The molecule has 0 aliphatic rings. The summed E-state index contributed by atoms with van der Waals surface area (Å²) in [5, 5.41) is 6.37. The highest BCUT2D eigenvalue weighted by Crippen LogP contribution is 2.25. The Bertz CT molecular complexity index is 1150. The van der Waals surface area contributed by atoms with Crippen LogP contribution in [0.5, 0.6) is 0 Å². The number of aromatic nitrogens is 1. The number of anilines is 2. The van der Waals surface area contributed by atoms with Gasteiger partial charge in [0.05, 0.1) is 10.6 Å². The van der Waals surface area contributed by atoms with Crippen molar-refractivity contribution >= 4 is 27.4 Å². The van der Waals surface area contributed by atoms with Crippen molar-refractivity contribution in [2.24, 2.45) is 0 Å². The predicted octanol–water partition coefficient (Wildman–Crippen LogP) is 4.16. The first-order valence-corrected chi connectivity index (χ1v) is 10.2. The minimum absolute atomic E-state index is 0.0988. The third-order valence-electron chi connectivity index (χ3n) is 4.02. The molecule has 3 aromatic rings. The molecule has 0 bridgehead atoms. The summed E-state index contributed by atoms with van der Waals surface area (Å²) in [6.07, 6.45) is 0. The van der Waals surface area contributed by atoms with Crippen molar-refractivity contribution in [2.45, 2.75) is 31.1 Å². The average molecular weight is 417 g/mol. The molecule has 0 aliphatic heterocycles. The van der Waals surface area contributed by atoms with E-state index in [-0.39, 0.29) is 27.4 Å². The maximum absolute atomic E-state index is 13.8. The highest BCUT2D eigenvalue weighted by Gasteiger charge is 2.21. The Morgan fingerprint density at radius 3 is 2.45 bits per heavy atom. The number of nitrogens with zero attached hydrogens (tertiary/aromatic N) is 1. The van der Waals surface area contributed by atoms with Gasteiger partial charge in [-0.1, -0.05) is 44.1 Å². The van der Waals surface area contributed by atoms with Crippen LogP contribution in [0, 0.1) is 5.82 Å². The molecule has 0 aliphatic carbocycles. The van der Waals surface area contributed by atoms with Crippen molar-refractivity contribution < 1.29 is 22.1 Å². The number of para-hydroxylation sites is 1. The fourth-order valence-electron chi connectivity index (χ4n) is 2.43. The van der Waals surface area contributed by atoms with Crippen molar-refractivity contribution in [3.05, 3.63) is 71.7 Å². The second-order valence-corrected chi connectivity index (χ2v) is 9.08. The van der Waals surface area contributed by atoms with Crippen LogP contribution in [0.4, 0.5) is 15.9 Å². The van der Waals surface area contributed by atoms with Crippen LogP contribution in [0.1, 0.15) is 36.9 Å². The van der Waals surface area contributed by atoms with Gasteiger partial charge in [-0.2, -0.15) is 0 Å². The lowest BCUT2D eigenvalue weighted by Gasteiger charge is -2.12. The van der Waals surface area contributed by atoms with Crippen LogP contribution >= 0.6 is 0 Å². The summed E-state index contributed by atoms with van der Waals surface area (Å²) in [4.78, 5) is 12.3. The first-order valence-electron chi connectivity index (χ1n) is 8.72. The molecule has 152 valence electrons. The monoisotopic (exact) mass is 417 g/mol. The van der Waals surface area contributed by atoms with E-state index >= 15 is 0 Å². The Labute approximate surface area is 168 Å². The van der Waals surface area contributed by atoms with E-state index in [1.54, 1.807) is 6.07 Å². The molecule has 0 saturated heterocycles. The van der Waals surface area contributed by atoms with Crippen LogP contribution in [0.15, 0.2) is 64.0 Å². The van der Waals surface area contributed by atoms with Gasteiger partial charge in [0.1, 0.15) is 11.6 Å². The lowest BCUT2D eigenvalue weighted by atomic mass is 9.93. The van der Waals surface area contributed by atoms with Crippen molar-refractivity contribution in [3.63, 3.8) is 0 Å². The standard InChI is InChI=1S/C20H20FN3O4S/c1-20(2,3)17-12-18(23-28-17)22-19(25)13-7-6-8-14(11-13)29(26,27)24-16-10-5-4-9-15(16)21/h4-12,24H,1-3H3,(H,22,23,25). The zero-order valence-electron chi connectivity index (χ0n) is 16.1. The van der Waals surface area contributed by atoms with Crippen molar-refractivity contribution in [2.75, 3.05) is 10.0 Å². The van der Waals surface area contributed by atoms with E-state index in [1.807, 2.05) is 20.8 Å². The zero-order valence-corrected chi connectivity index (χ0v) is 16.9. The van der Waals surface area contributed by atoms with Crippen LogP contribution in [-0.4, -0.2) is 19.5 Å². The van der Waals surface area contributed by atoms with Gasteiger partial charge in [-0.05, 0) is 30.3 Å². The molecule has 29 heavy (non-hydrogen) atoms. The fourth-order valence-corrected chi connectivity index (χ4v) is 3.54. The van der Waals surface area contributed by atoms with Gasteiger partial charge in [0.25, 0.3) is 15.9 Å². The number of benzene rings is 2.